The molecule has 0 atom stereocenters. The van der Waals surface area contributed by atoms with E-state index in [0.717, 1.165) is 29.3 Å². The Labute approximate surface area is 100 Å². The van der Waals surface area contributed by atoms with Gasteiger partial charge < -0.3 is 0 Å². The molecule has 0 saturated heterocycles. The maximum absolute atomic E-state index is 5.81. The van der Waals surface area contributed by atoms with E-state index in [-0.39, 0.29) is 0 Å². The highest BCUT2D eigenvalue weighted by molar-refractivity contribution is 6.17. The summed E-state index contributed by atoms with van der Waals surface area (Å²) in [6, 6.07) is 4.00. The molecule has 2 aromatic heterocycles. The number of aryl methyl sites for hydroxylation is 2. The summed E-state index contributed by atoms with van der Waals surface area (Å²) in [5, 5.41) is 0. The van der Waals surface area contributed by atoms with Gasteiger partial charge in [-0.25, -0.2) is 9.97 Å². The Morgan fingerprint density at radius 1 is 1.38 bits per heavy atom. The second-order valence-electron chi connectivity index (χ2n) is 3.61. The van der Waals surface area contributed by atoms with Gasteiger partial charge in [0.1, 0.15) is 11.6 Å². The molecule has 0 aliphatic carbocycles. The van der Waals surface area contributed by atoms with Gasteiger partial charge in [0.25, 0.3) is 0 Å². The second kappa shape index (κ2) is 4.66. The predicted molar refractivity (Wildman–Crippen MR) is 65.0 cm³/mol. The molecule has 0 saturated carbocycles. The molecule has 4 heteroatoms. The first-order valence-electron chi connectivity index (χ1n) is 5.31. The van der Waals surface area contributed by atoms with E-state index in [4.69, 9.17) is 11.6 Å². The maximum atomic E-state index is 5.81. The van der Waals surface area contributed by atoms with Gasteiger partial charge >= 0.3 is 0 Å². The molecule has 2 rings (SSSR count). The second-order valence-corrected chi connectivity index (χ2v) is 3.88. The monoisotopic (exact) mass is 235 g/mol. The molecule has 0 N–H and O–H groups in total. The van der Waals surface area contributed by atoms with E-state index in [0.29, 0.717) is 5.88 Å². The Balaban J connectivity index is 2.45. The first-order chi connectivity index (χ1) is 7.76. The van der Waals surface area contributed by atoms with Crippen molar-refractivity contribution in [3.8, 4) is 5.82 Å². The largest absolute Gasteiger partial charge is 0.288 e. The first-order valence-corrected chi connectivity index (χ1v) is 5.84. The molecule has 0 amide bonds. The smallest absolute Gasteiger partial charge is 0.138 e. The number of nitrogens with zero attached hydrogens (tertiary/aromatic N) is 3. The van der Waals surface area contributed by atoms with Gasteiger partial charge in [0.05, 0.1) is 0 Å². The molecule has 84 valence electrons. The summed E-state index contributed by atoms with van der Waals surface area (Å²) in [5.74, 6) is 2.43. The van der Waals surface area contributed by atoms with Crippen molar-refractivity contribution < 1.29 is 0 Å². The molecule has 2 heterocycles. The summed E-state index contributed by atoms with van der Waals surface area (Å²) >= 11 is 5.81. The van der Waals surface area contributed by atoms with Crippen LogP contribution in [0.1, 0.15) is 24.0 Å². The van der Waals surface area contributed by atoms with Crippen molar-refractivity contribution in [3.05, 3.63) is 41.6 Å². The third-order valence-corrected chi connectivity index (χ3v) is 2.89. The number of halogens is 1. The van der Waals surface area contributed by atoms with Gasteiger partial charge in [-0.2, -0.15) is 0 Å². The zero-order valence-corrected chi connectivity index (χ0v) is 10.2. The molecular weight excluding hydrogens is 222 g/mol. The zero-order chi connectivity index (χ0) is 11.5. The molecule has 2 aromatic rings. The number of imidazole rings is 1. The summed E-state index contributed by atoms with van der Waals surface area (Å²) < 4.78 is 2.00. The van der Waals surface area contributed by atoms with E-state index in [1.165, 1.54) is 0 Å². The minimum absolute atomic E-state index is 0.504. The van der Waals surface area contributed by atoms with Crippen LogP contribution in [0, 0.1) is 6.92 Å². The Bertz CT molecular complexity index is 491. The van der Waals surface area contributed by atoms with Crippen LogP contribution in [-0.4, -0.2) is 14.5 Å². The first kappa shape index (κ1) is 11.1. The van der Waals surface area contributed by atoms with Crippen molar-refractivity contribution in [1.29, 1.82) is 0 Å². The molecule has 0 aliphatic rings. The van der Waals surface area contributed by atoms with E-state index in [9.17, 15) is 0 Å². The van der Waals surface area contributed by atoms with Gasteiger partial charge in [0, 0.05) is 30.4 Å². The van der Waals surface area contributed by atoms with E-state index >= 15 is 0 Å². The average molecular weight is 236 g/mol. The lowest BCUT2D eigenvalue weighted by atomic mass is 10.2. The Kier molecular flexibility index (Phi) is 3.25. The van der Waals surface area contributed by atoms with Crippen LogP contribution in [0.3, 0.4) is 0 Å². The third kappa shape index (κ3) is 1.95. The fourth-order valence-corrected chi connectivity index (χ4v) is 1.94. The van der Waals surface area contributed by atoms with Gasteiger partial charge in [-0.3, -0.25) is 4.57 Å². The minimum atomic E-state index is 0.504. The molecule has 0 aliphatic heterocycles. The van der Waals surface area contributed by atoms with Crippen LogP contribution in [0.15, 0.2) is 24.5 Å². The van der Waals surface area contributed by atoms with Crippen LogP contribution < -0.4 is 0 Å². The van der Waals surface area contributed by atoms with E-state index in [2.05, 4.69) is 16.9 Å². The highest BCUT2D eigenvalue weighted by Crippen LogP contribution is 2.14. The van der Waals surface area contributed by atoms with Crippen LogP contribution >= 0.6 is 11.6 Å². The van der Waals surface area contributed by atoms with Gasteiger partial charge in [0.15, 0.2) is 0 Å². The van der Waals surface area contributed by atoms with Crippen molar-refractivity contribution in [2.24, 2.45) is 0 Å². The summed E-state index contributed by atoms with van der Waals surface area (Å²) in [6.45, 7) is 4.06. The van der Waals surface area contributed by atoms with E-state index in [1.807, 2.05) is 29.8 Å². The third-order valence-electron chi connectivity index (χ3n) is 2.60. The normalized spacial score (nSPS) is 10.7. The van der Waals surface area contributed by atoms with Crippen molar-refractivity contribution in [2.45, 2.75) is 26.1 Å². The van der Waals surface area contributed by atoms with E-state index in [1.54, 1.807) is 6.20 Å². The molecule has 0 aromatic carbocycles. The van der Waals surface area contributed by atoms with Crippen LogP contribution in [0.25, 0.3) is 5.82 Å². The van der Waals surface area contributed by atoms with Crippen molar-refractivity contribution >= 4 is 11.6 Å². The summed E-state index contributed by atoms with van der Waals surface area (Å²) in [4.78, 5) is 8.81. The molecule has 0 radical (unpaired) electrons. The van der Waals surface area contributed by atoms with Crippen molar-refractivity contribution in [1.82, 2.24) is 14.5 Å². The van der Waals surface area contributed by atoms with Crippen LogP contribution in [0.2, 0.25) is 0 Å². The van der Waals surface area contributed by atoms with E-state index < -0.39 is 0 Å². The standard InChI is InChI=1S/C12H14ClN3/c1-3-11-14-6-7-16(11)12-5-4-10(8-13)9(2)15-12/h4-7H,3,8H2,1-2H3. The topological polar surface area (TPSA) is 30.7 Å². The van der Waals surface area contributed by atoms with Crippen molar-refractivity contribution in [2.75, 3.05) is 0 Å². The Morgan fingerprint density at radius 3 is 2.81 bits per heavy atom. The van der Waals surface area contributed by atoms with Crippen LogP contribution in [0.5, 0.6) is 0 Å². The average Bonchev–Trinajstić information content (AvgIpc) is 2.77. The number of rotatable bonds is 3. The van der Waals surface area contributed by atoms with Gasteiger partial charge in [-0.1, -0.05) is 13.0 Å². The Morgan fingerprint density at radius 2 is 2.19 bits per heavy atom. The molecule has 0 bridgehead atoms. The Hall–Kier alpha value is -1.35. The van der Waals surface area contributed by atoms with Crippen LogP contribution in [-0.2, 0) is 12.3 Å². The van der Waals surface area contributed by atoms with Crippen molar-refractivity contribution in [3.63, 3.8) is 0 Å². The highest BCUT2D eigenvalue weighted by atomic mass is 35.5. The lowest BCUT2D eigenvalue weighted by Gasteiger charge is -2.08. The molecule has 0 unspecified atom stereocenters. The number of pyridine rings is 1. The SMILES string of the molecule is CCc1nccn1-c1ccc(CCl)c(C)n1. The summed E-state index contributed by atoms with van der Waals surface area (Å²) in [7, 11) is 0. The maximum Gasteiger partial charge on any atom is 0.138 e. The molecule has 0 spiro atoms. The highest BCUT2D eigenvalue weighted by Gasteiger charge is 2.06. The number of aromatic nitrogens is 3. The minimum Gasteiger partial charge on any atom is -0.288 e. The molecular formula is C12H14ClN3. The predicted octanol–water partition coefficient (Wildman–Crippen LogP) is 2.88. The number of hydrogen-bond donors (Lipinski definition) is 0. The summed E-state index contributed by atoms with van der Waals surface area (Å²) in [5.41, 5.74) is 2.05. The zero-order valence-electron chi connectivity index (χ0n) is 9.44. The molecule has 16 heavy (non-hydrogen) atoms. The quantitative estimate of drug-likeness (QED) is 0.766. The fourth-order valence-electron chi connectivity index (χ4n) is 1.66. The molecule has 0 fully saturated rings. The summed E-state index contributed by atoms with van der Waals surface area (Å²) in [6.07, 6.45) is 4.62. The molecule has 3 nitrogen and oxygen atoms in total. The fraction of sp³-hybridized carbons (Fsp3) is 0.333. The van der Waals surface area contributed by atoms with Gasteiger partial charge in [-0.05, 0) is 18.6 Å². The lowest BCUT2D eigenvalue weighted by Crippen LogP contribution is -2.03. The lowest BCUT2D eigenvalue weighted by molar-refractivity contribution is 0.860. The number of hydrogen-bond acceptors (Lipinski definition) is 2. The van der Waals surface area contributed by atoms with Gasteiger partial charge in [-0.15, -0.1) is 11.6 Å². The number of alkyl halides is 1. The van der Waals surface area contributed by atoms with Gasteiger partial charge in [0.2, 0.25) is 0 Å². The van der Waals surface area contributed by atoms with Crippen LogP contribution in [0.4, 0.5) is 0 Å².